The molecule has 7 N–H and O–H groups in total. The molecule has 0 saturated carbocycles. The van der Waals surface area contributed by atoms with Gasteiger partial charge in [0.25, 0.3) is 0 Å². The normalized spacial score (nSPS) is 17.6. The largest absolute Gasteiger partial charge is 0.508 e. The Hall–Kier alpha value is -3.93. The summed E-state index contributed by atoms with van der Waals surface area (Å²) in [7, 11) is 0. The SMILES string of the molecule is CC(C)CC(N)C(=O)NC(Cc1cnc[nH]1)C(=O)N1CCCC1C(=O)NC(Cc1ccc(O)cc1)C(=O)O. The number of carboxylic acid groups (broad SMARTS) is 1. The molecule has 2 heterocycles. The van der Waals surface area contributed by atoms with Crippen molar-refractivity contribution in [3.05, 3.63) is 48.0 Å². The van der Waals surface area contributed by atoms with Crippen LogP contribution in [-0.4, -0.2) is 79.5 Å². The first-order valence-corrected chi connectivity index (χ1v) is 12.7. The van der Waals surface area contributed by atoms with Gasteiger partial charge in [-0.05, 0) is 42.9 Å². The van der Waals surface area contributed by atoms with Crippen LogP contribution in [-0.2, 0) is 32.0 Å². The number of carbonyl (C=O) groups excluding carboxylic acids is 3. The van der Waals surface area contributed by atoms with Crippen molar-refractivity contribution in [2.45, 2.75) is 70.1 Å². The highest BCUT2D eigenvalue weighted by atomic mass is 16.4. The number of H-pyrrole nitrogens is 1. The van der Waals surface area contributed by atoms with Gasteiger partial charge in [-0.3, -0.25) is 14.4 Å². The van der Waals surface area contributed by atoms with Gasteiger partial charge in [-0.25, -0.2) is 9.78 Å². The Bertz CT molecular complexity index is 1100. The summed E-state index contributed by atoms with van der Waals surface area (Å²) in [6.07, 6.45) is 4.52. The summed E-state index contributed by atoms with van der Waals surface area (Å²) in [5, 5.41) is 24.4. The van der Waals surface area contributed by atoms with Crippen LogP contribution in [0.2, 0.25) is 0 Å². The molecule has 3 rings (SSSR count). The van der Waals surface area contributed by atoms with Crippen LogP contribution in [0.4, 0.5) is 0 Å². The Morgan fingerprint density at radius 2 is 1.84 bits per heavy atom. The molecule has 0 bridgehead atoms. The number of phenolic OH excluding ortho intramolecular Hbond substituents is 1. The van der Waals surface area contributed by atoms with Crippen LogP contribution in [0.3, 0.4) is 0 Å². The molecule has 1 fully saturated rings. The number of carboxylic acids is 1. The summed E-state index contributed by atoms with van der Waals surface area (Å²) in [6, 6.07) is 2.16. The van der Waals surface area contributed by atoms with Crippen LogP contribution in [0, 0.1) is 5.92 Å². The molecule has 2 aromatic rings. The summed E-state index contributed by atoms with van der Waals surface area (Å²) in [4.78, 5) is 59.7. The maximum atomic E-state index is 13.6. The van der Waals surface area contributed by atoms with Crippen LogP contribution in [0.15, 0.2) is 36.8 Å². The monoisotopic (exact) mass is 528 g/mol. The molecule has 12 heteroatoms. The highest BCUT2D eigenvalue weighted by Gasteiger charge is 2.39. The zero-order chi connectivity index (χ0) is 27.8. The fourth-order valence-corrected chi connectivity index (χ4v) is 4.55. The van der Waals surface area contributed by atoms with E-state index in [2.05, 4.69) is 20.6 Å². The van der Waals surface area contributed by atoms with Crippen molar-refractivity contribution in [3.8, 4) is 5.75 Å². The van der Waals surface area contributed by atoms with Gasteiger partial charge in [0, 0.05) is 31.3 Å². The van der Waals surface area contributed by atoms with Gasteiger partial charge >= 0.3 is 5.97 Å². The number of aromatic hydroxyl groups is 1. The topological polar surface area (TPSA) is 191 Å². The van der Waals surface area contributed by atoms with Crippen LogP contribution in [0.25, 0.3) is 0 Å². The van der Waals surface area contributed by atoms with E-state index in [0.29, 0.717) is 37.1 Å². The fourth-order valence-electron chi connectivity index (χ4n) is 4.55. The third-order valence-electron chi connectivity index (χ3n) is 6.48. The number of nitrogens with two attached hydrogens (primary N) is 1. The zero-order valence-electron chi connectivity index (χ0n) is 21.6. The van der Waals surface area contributed by atoms with Gasteiger partial charge in [0.15, 0.2) is 0 Å². The molecule has 1 aliphatic heterocycles. The Morgan fingerprint density at radius 3 is 2.45 bits per heavy atom. The van der Waals surface area contributed by atoms with Gasteiger partial charge in [-0.15, -0.1) is 0 Å². The number of aliphatic carboxylic acids is 1. The average molecular weight is 529 g/mol. The predicted octanol–water partition coefficient (Wildman–Crippen LogP) is 0.319. The maximum absolute atomic E-state index is 13.6. The molecule has 38 heavy (non-hydrogen) atoms. The minimum atomic E-state index is -1.22. The van der Waals surface area contributed by atoms with Gasteiger partial charge in [0.2, 0.25) is 17.7 Å². The molecule has 1 aliphatic rings. The Labute approximate surface area is 221 Å². The summed E-state index contributed by atoms with van der Waals surface area (Å²) in [5.74, 6) is -2.47. The molecule has 1 aromatic heterocycles. The van der Waals surface area contributed by atoms with E-state index in [1.807, 2.05) is 13.8 Å². The second-order valence-corrected chi connectivity index (χ2v) is 10.0. The highest BCUT2D eigenvalue weighted by Crippen LogP contribution is 2.20. The van der Waals surface area contributed by atoms with Gasteiger partial charge < -0.3 is 36.5 Å². The molecule has 0 aliphatic carbocycles. The van der Waals surface area contributed by atoms with Crippen molar-refractivity contribution in [3.63, 3.8) is 0 Å². The first-order chi connectivity index (χ1) is 18.0. The summed E-state index contributed by atoms with van der Waals surface area (Å²) in [6.45, 7) is 4.18. The number of imidazole rings is 1. The molecule has 4 atom stereocenters. The summed E-state index contributed by atoms with van der Waals surface area (Å²) >= 11 is 0. The van der Waals surface area contributed by atoms with Crippen LogP contribution in [0.5, 0.6) is 5.75 Å². The molecule has 12 nitrogen and oxygen atoms in total. The molecule has 1 aromatic carbocycles. The highest BCUT2D eigenvalue weighted by molar-refractivity contribution is 5.94. The Morgan fingerprint density at radius 1 is 1.13 bits per heavy atom. The summed E-state index contributed by atoms with van der Waals surface area (Å²) in [5.41, 5.74) is 7.28. The predicted molar refractivity (Wildman–Crippen MR) is 138 cm³/mol. The number of aromatic amines is 1. The number of nitrogens with one attached hydrogen (secondary N) is 3. The number of likely N-dealkylation sites (tertiary alicyclic amines) is 1. The second-order valence-electron chi connectivity index (χ2n) is 10.0. The molecular weight excluding hydrogens is 492 g/mol. The van der Waals surface area contributed by atoms with E-state index in [4.69, 9.17) is 5.73 Å². The number of benzene rings is 1. The van der Waals surface area contributed by atoms with Crippen LogP contribution in [0.1, 0.15) is 44.4 Å². The number of amides is 3. The first-order valence-electron chi connectivity index (χ1n) is 12.7. The molecule has 0 spiro atoms. The molecule has 206 valence electrons. The number of phenols is 1. The summed E-state index contributed by atoms with van der Waals surface area (Å²) < 4.78 is 0. The van der Waals surface area contributed by atoms with E-state index in [-0.39, 0.29) is 24.5 Å². The number of carbonyl (C=O) groups is 4. The van der Waals surface area contributed by atoms with Crippen molar-refractivity contribution < 1.29 is 29.4 Å². The lowest BCUT2D eigenvalue weighted by Crippen LogP contribution is -2.57. The molecule has 1 saturated heterocycles. The zero-order valence-corrected chi connectivity index (χ0v) is 21.6. The van der Waals surface area contributed by atoms with Crippen molar-refractivity contribution in [1.82, 2.24) is 25.5 Å². The minimum Gasteiger partial charge on any atom is -0.508 e. The number of aromatic nitrogens is 2. The van der Waals surface area contributed by atoms with E-state index < -0.39 is 47.9 Å². The lowest BCUT2D eigenvalue weighted by atomic mass is 10.0. The molecule has 3 amide bonds. The van der Waals surface area contributed by atoms with Crippen LogP contribution < -0.4 is 16.4 Å². The molecule has 4 unspecified atom stereocenters. The lowest BCUT2D eigenvalue weighted by Gasteiger charge is -2.30. The smallest absolute Gasteiger partial charge is 0.326 e. The van der Waals surface area contributed by atoms with Gasteiger partial charge in [0.05, 0.1) is 12.4 Å². The van der Waals surface area contributed by atoms with Crippen molar-refractivity contribution in [1.29, 1.82) is 0 Å². The van der Waals surface area contributed by atoms with Gasteiger partial charge in [-0.1, -0.05) is 26.0 Å². The average Bonchev–Trinajstić information content (AvgIpc) is 3.56. The molecule has 0 radical (unpaired) electrons. The third-order valence-corrected chi connectivity index (χ3v) is 6.48. The van der Waals surface area contributed by atoms with Crippen molar-refractivity contribution in [2.24, 2.45) is 11.7 Å². The van der Waals surface area contributed by atoms with E-state index in [9.17, 15) is 29.4 Å². The van der Waals surface area contributed by atoms with E-state index in [1.165, 1.54) is 23.4 Å². The first kappa shape index (κ1) is 28.6. The van der Waals surface area contributed by atoms with E-state index >= 15 is 0 Å². The van der Waals surface area contributed by atoms with E-state index in [0.717, 1.165) is 0 Å². The second kappa shape index (κ2) is 13.0. The standard InChI is InChI=1S/C26H36N6O6/c1-15(2)10-19(27)23(34)30-20(12-17-13-28-14-29-17)25(36)32-9-3-4-22(32)24(35)31-21(26(37)38)11-16-5-7-18(33)8-6-16/h5-8,13-15,19-22,33H,3-4,9-12,27H2,1-2H3,(H,28,29)(H,30,34)(H,31,35)(H,37,38). The number of hydrogen-bond acceptors (Lipinski definition) is 7. The quantitative estimate of drug-likeness (QED) is 0.227. The number of nitrogens with zero attached hydrogens (tertiary/aromatic N) is 2. The van der Waals surface area contributed by atoms with Gasteiger partial charge in [-0.2, -0.15) is 0 Å². The lowest BCUT2D eigenvalue weighted by molar-refractivity contribution is -0.144. The maximum Gasteiger partial charge on any atom is 0.326 e. The number of rotatable bonds is 12. The third kappa shape index (κ3) is 7.78. The van der Waals surface area contributed by atoms with E-state index in [1.54, 1.807) is 18.3 Å². The fraction of sp³-hybridized carbons (Fsp3) is 0.500. The Balaban J connectivity index is 1.73. The Kier molecular flexibility index (Phi) is 9.83. The van der Waals surface area contributed by atoms with Gasteiger partial charge in [0.1, 0.15) is 23.9 Å². The molecular formula is C26H36N6O6. The van der Waals surface area contributed by atoms with Crippen molar-refractivity contribution in [2.75, 3.05) is 6.54 Å². The van der Waals surface area contributed by atoms with Crippen LogP contribution >= 0.6 is 0 Å². The number of hydrogen-bond donors (Lipinski definition) is 6. The minimum absolute atomic E-state index is 0.00820. The van der Waals surface area contributed by atoms with Crippen molar-refractivity contribution >= 4 is 23.7 Å².